The number of benzene rings is 2. The number of hydrogen-bond acceptors (Lipinski definition) is 3. The molecule has 0 atom stereocenters. The minimum absolute atomic E-state index is 0.706. The molecule has 3 N–H and O–H groups in total. The summed E-state index contributed by atoms with van der Waals surface area (Å²) in [4.78, 5) is 12.5. The molecular weight excluding hydrogens is 260 g/mol. The Labute approximate surface area is 121 Å². The van der Waals surface area contributed by atoms with Crippen molar-refractivity contribution in [3.05, 3.63) is 54.2 Å². The number of H-pyrrole nitrogens is 1. The lowest BCUT2D eigenvalue weighted by atomic mass is 10.1. The Bertz CT molecular complexity index is 969. The Balaban J connectivity index is 2.00. The first kappa shape index (κ1) is 11.9. The molecule has 0 aliphatic heterocycles. The standard InChI is InChI=1S/C17H14N4/c1-10-5-4-8-14-16(10)21-17(20-14)12-9-19-13-7-3-2-6-11(13)15(12)18/h2-9H,1H3,(H2,18,19)(H,20,21). The number of nitrogens with zero attached hydrogens (tertiary/aromatic N) is 2. The zero-order valence-corrected chi connectivity index (χ0v) is 11.6. The van der Waals surface area contributed by atoms with Gasteiger partial charge in [-0.1, -0.05) is 30.3 Å². The van der Waals surface area contributed by atoms with Gasteiger partial charge in [0.1, 0.15) is 5.82 Å². The van der Waals surface area contributed by atoms with E-state index in [1.165, 1.54) is 0 Å². The molecule has 0 spiro atoms. The van der Waals surface area contributed by atoms with E-state index in [0.717, 1.165) is 38.9 Å². The average Bonchev–Trinajstić information content (AvgIpc) is 2.93. The summed E-state index contributed by atoms with van der Waals surface area (Å²) in [6.07, 6.45) is 1.78. The van der Waals surface area contributed by atoms with Crippen LogP contribution in [0.25, 0.3) is 33.3 Å². The molecule has 0 aliphatic carbocycles. The summed E-state index contributed by atoms with van der Waals surface area (Å²) in [5.41, 5.74) is 11.9. The average molecular weight is 274 g/mol. The van der Waals surface area contributed by atoms with Crippen LogP contribution in [0, 0.1) is 6.92 Å². The summed E-state index contributed by atoms with van der Waals surface area (Å²) in [6.45, 7) is 2.05. The van der Waals surface area contributed by atoms with Crippen LogP contribution in [0.4, 0.5) is 5.69 Å². The topological polar surface area (TPSA) is 67.6 Å². The second-order valence-electron chi connectivity index (χ2n) is 5.16. The maximum atomic E-state index is 6.31. The first-order chi connectivity index (χ1) is 10.2. The smallest absolute Gasteiger partial charge is 0.142 e. The van der Waals surface area contributed by atoms with Crippen LogP contribution in [0.5, 0.6) is 0 Å². The molecule has 0 fully saturated rings. The van der Waals surface area contributed by atoms with Crippen LogP contribution in [0.15, 0.2) is 48.7 Å². The fraction of sp³-hybridized carbons (Fsp3) is 0.0588. The molecular formula is C17H14N4. The SMILES string of the molecule is Cc1cccc2[nH]c(-c3cnc4ccccc4c3N)nc12. The first-order valence-corrected chi connectivity index (χ1v) is 6.83. The van der Waals surface area contributed by atoms with Gasteiger partial charge >= 0.3 is 0 Å². The van der Waals surface area contributed by atoms with Crippen LogP contribution in [0.1, 0.15) is 5.56 Å². The van der Waals surface area contributed by atoms with Gasteiger partial charge in [-0.15, -0.1) is 0 Å². The Morgan fingerprint density at radius 2 is 1.90 bits per heavy atom. The molecule has 0 aliphatic rings. The van der Waals surface area contributed by atoms with Gasteiger partial charge in [-0.25, -0.2) is 4.98 Å². The molecule has 0 saturated heterocycles. The summed E-state index contributed by atoms with van der Waals surface area (Å²) < 4.78 is 0. The number of pyridine rings is 1. The molecule has 4 rings (SSSR count). The number of hydrogen-bond donors (Lipinski definition) is 2. The first-order valence-electron chi connectivity index (χ1n) is 6.83. The molecule has 0 saturated carbocycles. The molecule has 0 radical (unpaired) electrons. The number of nitrogens with one attached hydrogen (secondary N) is 1. The maximum Gasteiger partial charge on any atom is 0.142 e. The van der Waals surface area contributed by atoms with Crippen molar-refractivity contribution >= 4 is 27.6 Å². The molecule has 0 bridgehead atoms. The monoisotopic (exact) mass is 274 g/mol. The molecule has 2 aromatic heterocycles. The van der Waals surface area contributed by atoms with E-state index in [2.05, 4.69) is 27.9 Å². The molecule has 102 valence electrons. The van der Waals surface area contributed by atoms with Crippen LogP contribution < -0.4 is 5.73 Å². The van der Waals surface area contributed by atoms with E-state index in [-0.39, 0.29) is 0 Å². The fourth-order valence-corrected chi connectivity index (χ4v) is 2.65. The van der Waals surface area contributed by atoms with Crippen LogP contribution in [0.3, 0.4) is 0 Å². The molecule has 2 aromatic carbocycles. The number of imidazole rings is 1. The van der Waals surface area contributed by atoms with Gasteiger partial charge in [0.2, 0.25) is 0 Å². The minimum atomic E-state index is 0.706. The van der Waals surface area contributed by atoms with Gasteiger partial charge in [0.15, 0.2) is 0 Å². The van der Waals surface area contributed by atoms with Crippen molar-refractivity contribution in [2.24, 2.45) is 0 Å². The number of para-hydroxylation sites is 2. The molecule has 4 heteroatoms. The number of nitrogen functional groups attached to an aromatic ring is 1. The molecule has 4 nitrogen and oxygen atoms in total. The number of aromatic nitrogens is 3. The summed E-state index contributed by atoms with van der Waals surface area (Å²) in [5.74, 6) is 0.759. The van der Waals surface area contributed by atoms with Gasteiger partial charge in [0.05, 0.1) is 27.8 Å². The minimum Gasteiger partial charge on any atom is -0.398 e. The lowest BCUT2D eigenvalue weighted by molar-refractivity contribution is 1.30. The lowest BCUT2D eigenvalue weighted by Crippen LogP contribution is -1.95. The lowest BCUT2D eigenvalue weighted by Gasteiger charge is -2.05. The molecule has 0 unspecified atom stereocenters. The number of rotatable bonds is 1. The predicted octanol–water partition coefficient (Wildman–Crippen LogP) is 3.67. The quantitative estimate of drug-likeness (QED) is 0.556. The van der Waals surface area contributed by atoms with E-state index < -0.39 is 0 Å². The van der Waals surface area contributed by atoms with Gasteiger partial charge < -0.3 is 10.7 Å². The van der Waals surface area contributed by atoms with Crippen LogP contribution >= 0.6 is 0 Å². The van der Waals surface area contributed by atoms with E-state index in [4.69, 9.17) is 5.73 Å². The normalized spacial score (nSPS) is 11.3. The van der Waals surface area contributed by atoms with Crippen molar-refractivity contribution in [2.45, 2.75) is 6.92 Å². The van der Waals surface area contributed by atoms with Crippen LogP contribution in [0.2, 0.25) is 0 Å². The van der Waals surface area contributed by atoms with Crippen LogP contribution in [-0.2, 0) is 0 Å². The van der Waals surface area contributed by atoms with E-state index in [0.29, 0.717) is 5.69 Å². The fourth-order valence-electron chi connectivity index (χ4n) is 2.65. The van der Waals surface area contributed by atoms with Crippen molar-refractivity contribution in [2.75, 3.05) is 5.73 Å². The Hall–Kier alpha value is -2.88. The highest BCUT2D eigenvalue weighted by Gasteiger charge is 2.12. The summed E-state index contributed by atoms with van der Waals surface area (Å²) >= 11 is 0. The Kier molecular flexibility index (Phi) is 2.44. The van der Waals surface area contributed by atoms with E-state index >= 15 is 0 Å². The van der Waals surface area contributed by atoms with Crippen molar-refractivity contribution in [3.8, 4) is 11.4 Å². The summed E-state index contributed by atoms with van der Waals surface area (Å²) in [5, 5.41) is 0.951. The number of nitrogens with two attached hydrogens (primary N) is 1. The number of anilines is 1. The third kappa shape index (κ3) is 1.76. The molecule has 21 heavy (non-hydrogen) atoms. The zero-order valence-electron chi connectivity index (χ0n) is 11.6. The molecule has 2 heterocycles. The highest BCUT2D eigenvalue weighted by atomic mass is 14.9. The van der Waals surface area contributed by atoms with Crippen molar-refractivity contribution in [3.63, 3.8) is 0 Å². The predicted molar refractivity (Wildman–Crippen MR) is 86.0 cm³/mol. The third-order valence-electron chi connectivity index (χ3n) is 3.79. The van der Waals surface area contributed by atoms with Gasteiger partial charge in [-0.2, -0.15) is 0 Å². The molecule has 0 amide bonds. The van der Waals surface area contributed by atoms with Crippen molar-refractivity contribution in [1.29, 1.82) is 0 Å². The van der Waals surface area contributed by atoms with E-state index in [1.54, 1.807) is 6.20 Å². The van der Waals surface area contributed by atoms with Crippen molar-refractivity contribution < 1.29 is 0 Å². The van der Waals surface area contributed by atoms with E-state index in [9.17, 15) is 0 Å². The number of aryl methyl sites for hydroxylation is 1. The summed E-state index contributed by atoms with van der Waals surface area (Å²) in [7, 11) is 0. The third-order valence-corrected chi connectivity index (χ3v) is 3.79. The largest absolute Gasteiger partial charge is 0.398 e. The Morgan fingerprint density at radius 1 is 1.05 bits per heavy atom. The van der Waals surface area contributed by atoms with Gasteiger partial charge in [0, 0.05) is 11.6 Å². The van der Waals surface area contributed by atoms with E-state index in [1.807, 2.05) is 36.4 Å². The van der Waals surface area contributed by atoms with Crippen LogP contribution in [-0.4, -0.2) is 15.0 Å². The highest BCUT2D eigenvalue weighted by molar-refractivity contribution is 5.97. The number of fused-ring (bicyclic) bond motifs is 2. The van der Waals surface area contributed by atoms with Gasteiger partial charge in [-0.05, 0) is 24.6 Å². The maximum absolute atomic E-state index is 6.31. The highest BCUT2D eigenvalue weighted by Crippen LogP contribution is 2.30. The van der Waals surface area contributed by atoms with Crippen molar-refractivity contribution in [1.82, 2.24) is 15.0 Å². The Morgan fingerprint density at radius 3 is 2.76 bits per heavy atom. The second kappa shape index (κ2) is 4.31. The number of aromatic amines is 1. The summed E-state index contributed by atoms with van der Waals surface area (Å²) in [6, 6.07) is 13.9. The van der Waals surface area contributed by atoms with Gasteiger partial charge in [0.25, 0.3) is 0 Å². The second-order valence-corrected chi connectivity index (χ2v) is 5.16. The van der Waals surface area contributed by atoms with Gasteiger partial charge in [-0.3, -0.25) is 4.98 Å². The zero-order chi connectivity index (χ0) is 14.4. The molecule has 4 aromatic rings.